The van der Waals surface area contributed by atoms with E-state index in [2.05, 4.69) is 12.2 Å². The van der Waals surface area contributed by atoms with Crippen LogP contribution in [0.3, 0.4) is 0 Å². The summed E-state index contributed by atoms with van der Waals surface area (Å²) in [7, 11) is 0. The highest BCUT2D eigenvalue weighted by Gasteiger charge is 2.34. The highest BCUT2D eigenvalue weighted by atomic mass is 16.7. The Balaban J connectivity index is 2.25. The van der Waals surface area contributed by atoms with Crippen LogP contribution in [0.5, 0.6) is 0 Å². The third-order valence-corrected chi connectivity index (χ3v) is 3.34. The summed E-state index contributed by atoms with van der Waals surface area (Å²) in [5.41, 5.74) is 0.381. The number of nitrogens with one attached hydrogen (secondary N) is 1. The van der Waals surface area contributed by atoms with Crippen molar-refractivity contribution < 1.29 is 9.47 Å². The summed E-state index contributed by atoms with van der Waals surface area (Å²) in [6.07, 6.45) is 5.08. The fraction of sp³-hybridized carbons (Fsp3) is 1.00. The Morgan fingerprint density at radius 2 is 1.73 bits per heavy atom. The van der Waals surface area contributed by atoms with Gasteiger partial charge in [0.05, 0.1) is 0 Å². The second-order valence-electron chi connectivity index (χ2n) is 4.21. The monoisotopic (exact) mass is 215 g/mol. The first-order valence-corrected chi connectivity index (χ1v) is 6.24. The van der Waals surface area contributed by atoms with Crippen molar-refractivity contribution in [2.24, 2.45) is 0 Å². The van der Waals surface area contributed by atoms with Gasteiger partial charge in [-0.25, -0.2) is 0 Å². The molecule has 0 aromatic carbocycles. The van der Waals surface area contributed by atoms with Crippen molar-refractivity contribution in [3.8, 4) is 0 Å². The lowest BCUT2D eigenvalue weighted by Crippen LogP contribution is -2.53. The van der Waals surface area contributed by atoms with Crippen LogP contribution in [0.1, 0.15) is 46.5 Å². The molecular weight excluding hydrogens is 190 g/mol. The molecule has 1 saturated carbocycles. The van der Waals surface area contributed by atoms with Crippen molar-refractivity contribution in [2.45, 2.75) is 58.3 Å². The van der Waals surface area contributed by atoms with Gasteiger partial charge in [-0.2, -0.15) is 0 Å². The molecule has 0 bridgehead atoms. The highest BCUT2D eigenvalue weighted by molar-refractivity contribution is 4.94. The van der Waals surface area contributed by atoms with Gasteiger partial charge in [0.1, 0.15) is 0 Å². The van der Waals surface area contributed by atoms with Gasteiger partial charge >= 0.3 is 0 Å². The summed E-state index contributed by atoms with van der Waals surface area (Å²) in [5.74, 6) is 0. The first-order chi connectivity index (χ1) is 7.26. The minimum atomic E-state index is -0.0796. The van der Waals surface area contributed by atoms with Gasteiger partial charge in [0.15, 0.2) is 6.29 Å². The summed E-state index contributed by atoms with van der Waals surface area (Å²) < 4.78 is 11.0. The van der Waals surface area contributed by atoms with Crippen molar-refractivity contribution in [1.29, 1.82) is 0 Å². The molecule has 1 aliphatic carbocycles. The van der Waals surface area contributed by atoms with Crippen LogP contribution in [0.25, 0.3) is 0 Å². The zero-order chi connectivity index (χ0) is 11.1. The fourth-order valence-electron chi connectivity index (χ4n) is 2.10. The normalized spacial score (nSPS) is 19.2. The molecule has 0 radical (unpaired) electrons. The zero-order valence-corrected chi connectivity index (χ0v) is 10.3. The molecule has 0 unspecified atom stereocenters. The predicted molar refractivity (Wildman–Crippen MR) is 61.9 cm³/mol. The lowest BCUT2D eigenvalue weighted by molar-refractivity contribution is -0.137. The van der Waals surface area contributed by atoms with Crippen LogP contribution >= 0.6 is 0 Å². The van der Waals surface area contributed by atoms with Crippen LogP contribution in [-0.4, -0.2) is 31.6 Å². The van der Waals surface area contributed by atoms with Crippen molar-refractivity contribution in [1.82, 2.24) is 5.32 Å². The Kier molecular flexibility index (Phi) is 5.58. The van der Waals surface area contributed by atoms with Crippen LogP contribution in [0.4, 0.5) is 0 Å². The molecule has 0 atom stereocenters. The molecule has 0 aromatic rings. The summed E-state index contributed by atoms with van der Waals surface area (Å²) in [4.78, 5) is 0. The van der Waals surface area contributed by atoms with Gasteiger partial charge in [-0.15, -0.1) is 0 Å². The first-order valence-electron chi connectivity index (χ1n) is 6.24. The summed E-state index contributed by atoms with van der Waals surface area (Å²) in [6, 6.07) is 0. The van der Waals surface area contributed by atoms with E-state index in [1.165, 1.54) is 25.7 Å². The molecular formula is C12H25NO2. The Labute approximate surface area is 93.5 Å². The van der Waals surface area contributed by atoms with Gasteiger partial charge in [0.25, 0.3) is 0 Å². The van der Waals surface area contributed by atoms with Crippen molar-refractivity contribution in [3.63, 3.8) is 0 Å². The van der Waals surface area contributed by atoms with Crippen molar-refractivity contribution in [2.75, 3.05) is 19.8 Å². The maximum atomic E-state index is 5.51. The zero-order valence-electron chi connectivity index (χ0n) is 10.3. The largest absolute Gasteiger partial charge is 0.352 e. The van der Waals surface area contributed by atoms with Crippen LogP contribution in [0.2, 0.25) is 0 Å². The van der Waals surface area contributed by atoms with Crippen LogP contribution in [0, 0.1) is 0 Å². The maximum absolute atomic E-state index is 5.51. The molecule has 3 nitrogen and oxygen atoms in total. The number of hydrogen-bond acceptors (Lipinski definition) is 3. The van der Waals surface area contributed by atoms with E-state index < -0.39 is 0 Å². The van der Waals surface area contributed by atoms with E-state index in [1.807, 2.05) is 13.8 Å². The Morgan fingerprint density at radius 3 is 2.07 bits per heavy atom. The second kappa shape index (κ2) is 6.46. The quantitative estimate of drug-likeness (QED) is 0.630. The minimum absolute atomic E-state index is 0.0796. The predicted octanol–water partition coefficient (Wildman–Crippen LogP) is 2.31. The van der Waals surface area contributed by atoms with Gasteiger partial charge in [-0.05, 0) is 39.5 Å². The minimum Gasteiger partial charge on any atom is -0.352 e. The topological polar surface area (TPSA) is 30.5 Å². The smallest absolute Gasteiger partial charge is 0.169 e. The molecule has 0 heterocycles. The Bertz CT molecular complexity index is 157. The van der Waals surface area contributed by atoms with E-state index in [0.717, 1.165) is 6.54 Å². The van der Waals surface area contributed by atoms with Gasteiger partial charge in [-0.3, -0.25) is 0 Å². The molecule has 0 saturated heterocycles. The summed E-state index contributed by atoms with van der Waals surface area (Å²) in [5, 5.41) is 3.60. The lowest BCUT2D eigenvalue weighted by Gasteiger charge is -2.43. The molecule has 90 valence electrons. The molecule has 0 spiro atoms. The first kappa shape index (κ1) is 12.9. The Hall–Kier alpha value is -0.120. The molecule has 1 aliphatic rings. The van der Waals surface area contributed by atoms with Crippen molar-refractivity contribution in [3.05, 3.63) is 0 Å². The third-order valence-electron chi connectivity index (χ3n) is 3.34. The SMILES string of the molecule is CCOC(CNC1(CC)CCC1)OCC. The second-order valence-corrected chi connectivity index (χ2v) is 4.21. The average Bonchev–Trinajstić information content (AvgIpc) is 2.17. The molecule has 0 amide bonds. The van der Waals surface area contributed by atoms with E-state index in [4.69, 9.17) is 9.47 Å². The summed E-state index contributed by atoms with van der Waals surface area (Å²) >= 11 is 0. The lowest BCUT2D eigenvalue weighted by atomic mass is 9.75. The molecule has 0 aromatic heterocycles. The van der Waals surface area contributed by atoms with Gasteiger partial charge in [0.2, 0.25) is 0 Å². The van der Waals surface area contributed by atoms with Gasteiger partial charge in [0, 0.05) is 25.3 Å². The number of rotatable bonds is 8. The average molecular weight is 215 g/mol. The van der Waals surface area contributed by atoms with Gasteiger partial charge in [-0.1, -0.05) is 6.92 Å². The molecule has 0 aliphatic heterocycles. The van der Waals surface area contributed by atoms with Crippen molar-refractivity contribution >= 4 is 0 Å². The number of ether oxygens (including phenoxy) is 2. The molecule has 3 heteroatoms. The van der Waals surface area contributed by atoms with Crippen LogP contribution in [-0.2, 0) is 9.47 Å². The summed E-state index contributed by atoms with van der Waals surface area (Å²) in [6.45, 7) is 8.50. The fourth-order valence-corrected chi connectivity index (χ4v) is 2.10. The van der Waals surface area contributed by atoms with E-state index in [0.29, 0.717) is 18.8 Å². The van der Waals surface area contributed by atoms with E-state index in [9.17, 15) is 0 Å². The molecule has 15 heavy (non-hydrogen) atoms. The third kappa shape index (κ3) is 3.74. The molecule has 1 rings (SSSR count). The van der Waals surface area contributed by atoms with Crippen LogP contribution < -0.4 is 5.32 Å². The van der Waals surface area contributed by atoms with E-state index in [1.54, 1.807) is 0 Å². The standard InChI is InChI=1S/C12H25NO2/c1-4-12(8-7-9-12)13-10-11(14-5-2)15-6-3/h11,13H,4-10H2,1-3H3. The van der Waals surface area contributed by atoms with E-state index >= 15 is 0 Å². The highest BCUT2D eigenvalue weighted by Crippen LogP contribution is 2.34. The maximum Gasteiger partial charge on any atom is 0.169 e. The van der Waals surface area contributed by atoms with Crippen LogP contribution in [0.15, 0.2) is 0 Å². The molecule has 1 N–H and O–H groups in total. The van der Waals surface area contributed by atoms with Gasteiger partial charge < -0.3 is 14.8 Å². The Morgan fingerprint density at radius 1 is 1.13 bits per heavy atom. The van der Waals surface area contributed by atoms with E-state index in [-0.39, 0.29) is 6.29 Å². The number of hydrogen-bond donors (Lipinski definition) is 1. The molecule has 1 fully saturated rings.